The van der Waals surface area contributed by atoms with E-state index in [-0.39, 0.29) is 0 Å². The van der Waals surface area contributed by atoms with E-state index in [2.05, 4.69) is 18.2 Å². The third kappa shape index (κ3) is 2.34. The highest BCUT2D eigenvalue weighted by molar-refractivity contribution is 5.81. The zero-order valence-corrected chi connectivity index (χ0v) is 8.67. The van der Waals surface area contributed by atoms with E-state index in [0.717, 1.165) is 25.7 Å². The summed E-state index contributed by atoms with van der Waals surface area (Å²) in [4.78, 5) is 11.5. The molecule has 2 rings (SSSR count). The molecule has 0 N–H and O–H groups in total. The number of hydrogen-bond acceptors (Lipinski definition) is 1. The molecule has 2 aliphatic carbocycles. The van der Waals surface area contributed by atoms with Crippen molar-refractivity contribution in [3.63, 3.8) is 0 Å². The Kier molecular flexibility index (Phi) is 3.18. The zero-order chi connectivity index (χ0) is 9.80. The van der Waals surface area contributed by atoms with Gasteiger partial charge in [0, 0.05) is 12.8 Å². The first-order valence-corrected chi connectivity index (χ1v) is 5.73. The molecule has 0 saturated carbocycles. The first-order valence-electron chi connectivity index (χ1n) is 5.73. The fraction of sp³-hybridized carbons (Fsp3) is 0.615. The van der Waals surface area contributed by atoms with Crippen LogP contribution < -0.4 is 0 Å². The van der Waals surface area contributed by atoms with Crippen molar-refractivity contribution >= 4 is 5.78 Å². The predicted octanol–water partition coefficient (Wildman–Crippen LogP) is 3.41. The maximum atomic E-state index is 11.5. The highest BCUT2D eigenvalue weighted by Gasteiger charge is 2.17. The quantitative estimate of drug-likeness (QED) is 0.579. The average molecular weight is 190 g/mol. The van der Waals surface area contributed by atoms with Gasteiger partial charge in [0.05, 0.1) is 0 Å². The molecule has 1 unspecified atom stereocenters. The summed E-state index contributed by atoms with van der Waals surface area (Å²) in [5, 5.41) is 0. The zero-order valence-electron chi connectivity index (χ0n) is 8.67. The van der Waals surface area contributed by atoms with Gasteiger partial charge in [-0.2, -0.15) is 0 Å². The van der Waals surface area contributed by atoms with Crippen LogP contribution in [0.3, 0.4) is 0 Å². The highest BCUT2D eigenvalue weighted by Crippen LogP contribution is 2.29. The van der Waals surface area contributed by atoms with E-state index >= 15 is 0 Å². The van der Waals surface area contributed by atoms with Gasteiger partial charge in [-0.05, 0) is 38.0 Å². The van der Waals surface area contributed by atoms with Crippen molar-refractivity contribution in [2.75, 3.05) is 0 Å². The Morgan fingerprint density at radius 1 is 1.21 bits per heavy atom. The van der Waals surface area contributed by atoms with Gasteiger partial charge in [0.1, 0.15) is 5.78 Å². The molecule has 1 nitrogen and oxygen atoms in total. The van der Waals surface area contributed by atoms with Crippen LogP contribution in [-0.2, 0) is 4.79 Å². The molecular weight excluding hydrogens is 172 g/mol. The van der Waals surface area contributed by atoms with E-state index in [4.69, 9.17) is 0 Å². The molecule has 0 amide bonds. The molecule has 1 atom stereocenters. The van der Waals surface area contributed by atoms with E-state index < -0.39 is 0 Å². The van der Waals surface area contributed by atoms with Crippen molar-refractivity contribution in [2.24, 2.45) is 5.92 Å². The molecule has 0 spiro atoms. The van der Waals surface area contributed by atoms with E-state index in [0.29, 0.717) is 11.7 Å². The van der Waals surface area contributed by atoms with Gasteiger partial charge in [-0.3, -0.25) is 4.79 Å². The van der Waals surface area contributed by atoms with Crippen LogP contribution >= 0.6 is 0 Å². The molecule has 0 saturated heterocycles. The van der Waals surface area contributed by atoms with Gasteiger partial charge < -0.3 is 0 Å². The van der Waals surface area contributed by atoms with E-state index in [1.807, 2.05) is 0 Å². The van der Waals surface area contributed by atoms with Crippen molar-refractivity contribution in [1.82, 2.24) is 0 Å². The van der Waals surface area contributed by atoms with Crippen LogP contribution in [0.4, 0.5) is 0 Å². The lowest BCUT2D eigenvalue weighted by atomic mass is 9.86. The van der Waals surface area contributed by atoms with Crippen LogP contribution in [0.15, 0.2) is 23.8 Å². The average Bonchev–Trinajstić information content (AvgIpc) is 2.44. The fourth-order valence-electron chi connectivity index (χ4n) is 2.38. The lowest BCUT2D eigenvalue weighted by Gasteiger charge is -2.18. The smallest absolute Gasteiger partial charge is 0.136 e. The van der Waals surface area contributed by atoms with Gasteiger partial charge in [-0.25, -0.2) is 0 Å². The van der Waals surface area contributed by atoms with Gasteiger partial charge in [0.15, 0.2) is 0 Å². The number of carbonyl (C=O) groups excluding carboxylic acids is 1. The topological polar surface area (TPSA) is 17.1 Å². The Hall–Kier alpha value is -0.850. The Morgan fingerprint density at radius 3 is 2.93 bits per heavy atom. The molecule has 0 bridgehead atoms. The second-order valence-corrected chi connectivity index (χ2v) is 4.35. The van der Waals surface area contributed by atoms with Crippen LogP contribution in [0.1, 0.15) is 44.9 Å². The minimum Gasteiger partial charge on any atom is -0.299 e. The predicted molar refractivity (Wildman–Crippen MR) is 58.0 cm³/mol. The summed E-state index contributed by atoms with van der Waals surface area (Å²) in [5.74, 6) is 1.01. The van der Waals surface area contributed by atoms with E-state index in [1.165, 1.54) is 24.8 Å². The molecule has 0 fully saturated rings. The number of allylic oxidation sites excluding steroid dienone is 4. The molecule has 0 aromatic heterocycles. The van der Waals surface area contributed by atoms with Crippen LogP contribution in [0, 0.1) is 5.92 Å². The number of ketones is 1. The molecule has 0 aliphatic heterocycles. The molecule has 14 heavy (non-hydrogen) atoms. The van der Waals surface area contributed by atoms with Crippen molar-refractivity contribution in [2.45, 2.75) is 44.9 Å². The molecule has 0 heterocycles. The summed E-state index contributed by atoms with van der Waals surface area (Å²) in [6.45, 7) is 0. The van der Waals surface area contributed by atoms with Gasteiger partial charge in [0.2, 0.25) is 0 Å². The first-order chi connectivity index (χ1) is 6.86. The van der Waals surface area contributed by atoms with Crippen LogP contribution in [0.5, 0.6) is 0 Å². The summed E-state index contributed by atoms with van der Waals surface area (Å²) in [7, 11) is 0. The molecule has 2 aliphatic rings. The lowest BCUT2D eigenvalue weighted by molar-refractivity contribution is -0.118. The Labute approximate surface area is 85.9 Å². The standard InChI is InChI=1S/C13H18O/c14-13-9-5-4-8-12(10-13)11-6-2-1-3-7-11/h2,6,8,11H,1,3-5,7,9-10H2. The summed E-state index contributed by atoms with van der Waals surface area (Å²) in [6, 6.07) is 0. The molecule has 0 radical (unpaired) electrons. The molecule has 0 aromatic rings. The lowest BCUT2D eigenvalue weighted by Crippen LogP contribution is -2.07. The van der Waals surface area contributed by atoms with Gasteiger partial charge >= 0.3 is 0 Å². The van der Waals surface area contributed by atoms with Crippen molar-refractivity contribution < 1.29 is 4.79 Å². The van der Waals surface area contributed by atoms with Crippen LogP contribution in [0.2, 0.25) is 0 Å². The van der Waals surface area contributed by atoms with Gasteiger partial charge in [0.25, 0.3) is 0 Å². The fourth-order valence-corrected chi connectivity index (χ4v) is 2.38. The maximum Gasteiger partial charge on any atom is 0.136 e. The van der Waals surface area contributed by atoms with Crippen molar-refractivity contribution in [3.8, 4) is 0 Å². The largest absolute Gasteiger partial charge is 0.299 e. The summed E-state index contributed by atoms with van der Waals surface area (Å²) >= 11 is 0. The normalized spacial score (nSPS) is 28.4. The van der Waals surface area contributed by atoms with Crippen molar-refractivity contribution in [1.29, 1.82) is 0 Å². The minimum absolute atomic E-state index is 0.438. The maximum absolute atomic E-state index is 11.5. The third-order valence-electron chi connectivity index (χ3n) is 3.20. The second kappa shape index (κ2) is 4.59. The van der Waals surface area contributed by atoms with Crippen molar-refractivity contribution in [3.05, 3.63) is 23.8 Å². The first kappa shape index (κ1) is 9.70. The number of carbonyl (C=O) groups is 1. The third-order valence-corrected chi connectivity index (χ3v) is 3.20. The minimum atomic E-state index is 0.438. The Balaban J connectivity index is 2.07. The second-order valence-electron chi connectivity index (χ2n) is 4.35. The number of rotatable bonds is 1. The van der Waals surface area contributed by atoms with Crippen LogP contribution in [0.25, 0.3) is 0 Å². The SMILES string of the molecule is O=C1CCCC=C(C2C=CCCC2)C1. The Morgan fingerprint density at radius 2 is 2.14 bits per heavy atom. The van der Waals surface area contributed by atoms with E-state index in [9.17, 15) is 4.79 Å². The van der Waals surface area contributed by atoms with E-state index in [1.54, 1.807) is 0 Å². The van der Waals surface area contributed by atoms with Crippen LogP contribution in [-0.4, -0.2) is 5.78 Å². The molecule has 76 valence electrons. The van der Waals surface area contributed by atoms with Gasteiger partial charge in [-0.1, -0.05) is 23.8 Å². The molecule has 0 aromatic carbocycles. The summed E-state index contributed by atoms with van der Waals surface area (Å²) in [6.07, 6.45) is 14.3. The van der Waals surface area contributed by atoms with Gasteiger partial charge in [-0.15, -0.1) is 0 Å². The monoisotopic (exact) mass is 190 g/mol. The Bertz CT molecular complexity index is 273. The molecule has 1 heteroatoms. The highest BCUT2D eigenvalue weighted by atomic mass is 16.1. The molecular formula is C13H18O. The summed E-state index contributed by atoms with van der Waals surface area (Å²) < 4.78 is 0. The number of hydrogen-bond donors (Lipinski definition) is 0. The number of Topliss-reactive ketones (excluding diaryl/α,β-unsaturated/α-hetero) is 1. The summed E-state index contributed by atoms with van der Waals surface area (Å²) in [5.41, 5.74) is 1.39.